The number of aromatic nitrogens is 2. The summed E-state index contributed by atoms with van der Waals surface area (Å²) >= 11 is 0. The van der Waals surface area contributed by atoms with Gasteiger partial charge in [0.25, 0.3) is 5.91 Å². The van der Waals surface area contributed by atoms with Crippen LogP contribution in [0.3, 0.4) is 0 Å². The number of hydrogen-bond donors (Lipinski definition) is 1. The number of carbonyl (C=O) groups is 1. The van der Waals surface area contributed by atoms with Gasteiger partial charge in [0.2, 0.25) is 0 Å². The average Bonchev–Trinajstić information content (AvgIpc) is 2.41. The van der Waals surface area contributed by atoms with Crippen LogP contribution in [0, 0.1) is 24.1 Å². The van der Waals surface area contributed by atoms with Crippen LogP contribution < -0.4 is 5.32 Å². The van der Waals surface area contributed by atoms with Crippen molar-refractivity contribution in [2.24, 2.45) is 0 Å². The highest BCUT2D eigenvalue weighted by Gasteiger charge is 2.11. The molecule has 0 aliphatic carbocycles. The van der Waals surface area contributed by atoms with Crippen LogP contribution in [-0.4, -0.2) is 15.9 Å². The zero-order chi connectivity index (χ0) is 13.8. The Morgan fingerprint density at radius 2 is 2.16 bits per heavy atom. The number of rotatable bonds is 2. The van der Waals surface area contributed by atoms with Crippen molar-refractivity contribution in [1.29, 1.82) is 5.26 Å². The molecule has 94 valence electrons. The Hall–Kier alpha value is -2.81. The first-order chi connectivity index (χ1) is 9.10. The maximum absolute atomic E-state index is 13.0. The second kappa shape index (κ2) is 5.23. The zero-order valence-electron chi connectivity index (χ0n) is 10.0. The van der Waals surface area contributed by atoms with E-state index in [4.69, 9.17) is 5.26 Å². The molecule has 1 heterocycles. The Labute approximate surface area is 108 Å². The van der Waals surface area contributed by atoms with E-state index < -0.39 is 11.7 Å². The van der Waals surface area contributed by atoms with E-state index in [2.05, 4.69) is 15.3 Å². The Balaban J connectivity index is 2.24. The second-order valence-corrected chi connectivity index (χ2v) is 3.80. The summed E-state index contributed by atoms with van der Waals surface area (Å²) in [6.45, 7) is 1.75. The Bertz CT molecular complexity index is 661. The van der Waals surface area contributed by atoms with Crippen molar-refractivity contribution in [2.75, 3.05) is 5.32 Å². The number of benzene rings is 1. The van der Waals surface area contributed by atoms with Gasteiger partial charge in [-0.2, -0.15) is 5.26 Å². The van der Waals surface area contributed by atoms with Crippen LogP contribution in [0.5, 0.6) is 0 Å². The number of nitrogens with one attached hydrogen (secondary N) is 1. The van der Waals surface area contributed by atoms with Crippen molar-refractivity contribution in [3.8, 4) is 6.07 Å². The van der Waals surface area contributed by atoms with Crippen molar-refractivity contribution < 1.29 is 9.18 Å². The van der Waals surface area contributed by atoms with Gasteiger partial charge in [0.1, 0.15) is 17.6 Å². The minimum Gasteiger partial charge on any atom is -0.319 e. The lowest BCUT2D eigenvalue weighted by molar-refractivity contribution is 0.102. The summed E-state index contributed by atoms with van der Waals surface area (Å²) in [6.07, 6.45) is 2.80. The second-order valence-electron chi connectivity index (χ2n) is 3.80. The number of hydrogen-bond acceptors (Lipinski definition) is 4. The van der Waals surface area contributed by atoms with Gasteiger partial charge in [-0.1, -0.05) is 0 Å². The molecule has 1 aromatic carbocycles. The largest absolute Gasteiger partial charge is 0.319 e. The van der Waals surface area contributed by atoms with Gasteiger partial charge in [-0.3, -0.25) is 9.78 Å². The third kappa shape index (κ3) is 2.90. The summed E-state index contributed by atoms with van der Waals surface area (Å²) in [7, 11) is 0. The maximum atomic E-state index is 13.0. The van der Waals surface area contributed by atoms with Gasteiger partial charge in [0.15, 0.2) is 0 Å². The summed E-state index contributed by atoms with van der Waals surface area (Å²) in [4.78, 5) is 19.7. The van der Waals surface area contributed by atoms with Gasteiger partial charge in [-0.05, 0) is 25.1 Å². The normalized spacial score (nSPS) is 9.74. The lowest BCUT2D eigenvalue weighted by atomic mass is 10.2. The molecule has 0 bridgehead atoms. The van der Waals surface area contributed by atoms with Crippen molar-refractivity contribution in [3.05, 3.63) is 53.4 Å². The molecule has 2 rings (SSSR count). The van der Waals surface area contributed by atoms with E-state index in [9.17, 15) is 9.18 Å². The first kappa shape index (κ1) is 12.6. The van der Waals surface area contributed by atoms with Crippen molar-refractivity contribution in [3.63, 3.8) is 0 Å². The highest BCUT2D eigenvalue weighted by Crippen LogP contribution is 2.16. The molecule has 6 heteroatoms. The van der Waals surface area contributed by atoms with Gasteiger partial charge >= 0.3 is 0 Å². The number of carbonyl (C=O) groups excluding carboxylic acids is 1. The lowest BCUT2D eigenvalue weighted by Gasteiger charge is -2.06. The van der Waals surface area contributed by atoms with E-state index in [1.807, 2.05) is 6.07 Å². The standard InChI is InChI=1S/C13H9FN4O/c1-8-6-17-12(7-16-8)13(19)18-11-3-2-10(14)4-9(11)5-15/h2-4,6-7H,1H3,(H,18,19). The van der Waals surface area contributed by atoms with E-state index in [-0.39, 0.29) is 16.9 Å². The SMILES string of the molecule is Cc1cnc(C(=O)Nc2ccc(F)cc2C#N)cn1. The van der Waals surface area contributed by atoms with Crippen LogP contribution in [-0.2, 0) is 0 Å². The fraction of sp³-hybridized carbons (Fsp3) is 0.0769. The molecular weight excluding hydrogens is 247 g/mol. The molecule has 5 nitrogen and oxygen atoms in total. The molecule has 0 spiro atoms. The number of aryl methyl sites for hydroxylation is 1. The molecule has 0 saturated heterocycles. The summed E-state index contributed by atoms with van der Waals surface area (Å²) in [5, 5.41) is 11.4. The van der Waals surface area contributed by atoms with Gasteiger partial charge in [0, 0.05) is 6.20 Å². The van der Waals surface area contributed by atoms with E-state index in [1.54, 1.807) is 6.92 Å². The molecule has 19 heavy (non-hydrogen) atoms. The summed E-state index contributed by atoms with van der Waals surface area (Å²) in [5.74, 6) is -1.04. The van der Waals surface area contributed by atoms with Gasteiger partial charge in [-0.15, -0.1) is 0 Å². The molecule has 0 saturated carbocycles. The number of amides is 1. The Kier molecular flexibility index (Phi) is 3.48. The Morgan fingerprint density at radius 1 is 1.37 bits per heavy atom. The number of nitrogens with zero attached hydrogens (tertiary/aromatic N) is 3. The number of anilines is 1. The van der Waals surface area contributed by atoms with E-state index in [1.165, 1.54) is 18.5 Å². The van der Waals surface area contributed by atoms with Crippen molar-refractivity contribution >= 4 is 11.6 Å². The monoisotopic (exact) mass is 256 g/mol. The lowest BCUT2D eigenvalue weighted by Crippen LogP contribution is -2.15. The molecule has 0 atom stereocenters. The molecular formula is C13H9FN4O. The molecule has 0 radical (unpaired) electrons. The fourth-order valence-electron chi connectivity index (χ4n) is 1.41. The highest BCUT2D eigenvalue weighted by molar-refractivity contribution is 6.03. The first-order valence-electron chi connectivity index (χ1n) is 5.40. The number of halogens is 1. The third-order valence-electron chi connectivity index (χ3n) is 2.36. The number of nitriles is 1. The minimum absolute atomic E-state index is 0.0495. The van der Waals surface area contributed by atoms with Crippen LogP contribution in [0.1, 0.15) is 21.7 Å². The van der Waals surface area contributed by atoms with E-state index >= 15 is 0 Å². The molecule has 2 aromatic rings. The smallest absolute Gasteiger partial charge is 0.275 e. The van der Waals surface area contributed by atoms with Crippen LogP contribution >= 0.6 is 0 Å². The van der Waals surface area contributed by atoms with Crippen LogP contribution in [0.25, 0.3) is 0 Å². The average molecular weight is 256 g/mol. The molecule has 0 aliphatic rings. The highest BCUT2D eigenvalue weighted by atomic mass is 19.1. The fourth-order valence-corrected chi connectivity index (χ4v) is 1.41. The molecule has 0 aliphatic heterocycles. The summed E-state index contributed by atoms with van der Waals surface area (Å²) < 4.78 is 13.0. The maximum Gasteiger partial charge on any atom is 0.275 e. The van der Waals surface area contributed by atoms with Gasteiger partial charge < -0.3 is 5.32 Å². The predicted molar refractivity (Wildman–Crippen MR) is 65.8 cm³/mol. The summed E-state index contributed by atoms with van der Waals surface area (Å²) in [6, 6.07) is 5.35. The van der Waals surface area contributed by atoms with Gasteiger partial charge in [0.05, 0.1) is 23.1 Å². The van der Waals surface area contributed by atoms with Gasteiger partial charge in [-0.25, -0.2) is 9.37 Å². The quantitative estimate of drug-likeness (QED) is 0.891. The Morgan fingerprint density at radius 3 is 2.79 bits per heavy atom. The molecule has 0 fully saturated rings. The molecule has 1 N–H and O–H groups in total. The molecule has 0 unspecified atom stereocenters. The topological polar surface area (TPSA) is 78.7 Å². The predicted octanol–water partition coefficient (Wildman–Crippen LogP) is 2.05. The van der Waals surface area contributed by atoms with E-state index in [0.29, 0.717) is 5.69 Å². The zero-order valence-corrected chi connectivity index (χ0v) is 10.0. The molecule has 1 aromatic heterocycles. The first-order valence-corrected chi connectivity index (χ1v) is 5.40. The van der Waals surface area contributed by atoms with Crippen LogP contribution in [0.15, 0.2) is 30.6 Å². The van der Waals surface area contributed by atoms with E-state index in [0.717, 1.165) is 12.1 Å². The van der Waals surface area contributed by atoms with Crippen molar-refractivity contribution in [1.82, 2.24) is 9.97 Å². The van der Waals surface area contributed by atoms with Crippen LogP contribution in [0.4, 0.5) is 10.1 Å². The minimum atomic E-state index is -0.537. The summed E-state index contributed by atoms with van der Waals surface area (Å²) in [5.41, 5.74) is 1.10. The third-order valence-corrected chi connectivity index (χ3v) is 2.36. The van der Waals surface area contributed by atoms with Crippen molar-refractivity contribution in [2.45, 2.75) is 6.92 Å². The molecule has 1 amide bonds. The van der Waals surface area contributed by atoms with Crippen LogP contribution in [0.2, 0.25) is 0 Å².